The number of hydrogen-bond donors (Lipinski definition) is 1. The smallest absolute Gasteiger partial charge is 0.340 e. The van der Waals surface area contributed by atoms with Gasteiger partial charge in [0.25, 0.3) is 0 Å². The van der Waals surface area contributed by atoms with Crippen molar-refractivity contribution in [2.45, 2.75) is 40.5 Å². The molecule has 29 heavy (non-hydrogen) atoms. The van der Waals surface area contributed by atoms with E-state index in [1.807, 2.05) is 45.2 Å². The normalized spacial score (nSPS) is 11.4. The number of carbonyl (C=O) groups is 1. The van der Waals surface area contributed by atoms with Crippen LogP contribution in [0.5, 0.6) is 0 Å². The van der Waals surface area contributed by atoms with Gasteiger partial charge < -0.3 is 14.2 Å². The molecule has 1 N–H and O–H groups in total. The van der Waals surface area contributed by atoms with Crippen LogP contribution in [0.15, 0.2) is 36.5 Å². The van der Waals surface area contributed by atoms with Gasteiger partial charge in [-0.15, -0.1) is 0 Å². The molecule has 150 valence electrons. The zero-order valence-corrected chi connectivity index (χ0v) is 17.8. The molecule has 0 saturated heterocycles. The number of rotatable bonds is 5. The number of aryl methyl sites for hydroxylation is 4. The molecule has 0 saturated carbocycles. The maximum absolute atomic E-state index is 12.6. The number of amides is 1. The van der Waals surface area contributed by atoms with Gasteiger partial charge in [0.1, 0.15) is 16.9 Å². The second-order valence-corrected chi connectivity index (χ2v) is 8.24. The van der Waals surface area contributed by atoms with E-state index in [4.69, 9.17) is 8.83 Å². The summed E-state index contributed by atoms with van der Waals surface area (Å²) in [7, 11) is 0. The Morgan fingerprint density at radius 3 is 2.62 bits per heavy atom. The quantitative estimate of drug-likeness (QED) is 0.484. The Kier molecular flexibility index (Phi) is 5.04. The molecule has 3 aromatic heterocycles. The van der Waals surface area contributed by atoms with E-state index in [0.29, 0.717) is 17.7 Å². The number of fused-ring (bicyclic) bond motifs is 3. The summed E-state index contributed by atoms with van der Waals surface area (Å²) in [4.78, 5) is 25.0. The van der Waals surface area contributed by atoms with E-state index >= 15 is 0 Å². The van der Waals surface area contributed by atoms with Crippen LogP contribution in [0.4, 0.5) is 0 Å². The molecule has 0 bridgehead atoms. The van der Waals surface area contributed by atoms with Crippen molar-refractivity contribution >= 4 is 39.2 Å². The Bertz CT molecular complexity index is 1280. The van der Waals surface area contributed by atoms with Crippen LogP contribution in [-0.2, 0) is 17.6 Å². The van der Waals surface area contributed by atoms with Crippen LogP contribution in [0.25, 0.3) is 21.9 Å². The first kappa shape index (κ1) is 19.5. The van der Waals surface area contributed by atoms with Crippen molar-refractivity contribution in [1.29, 1.82) is 0 Å². The molecule has 4 aromatic rings. The molecule has 0 unspecified atom stereocenters. The zero-order chi connectivity index (χ0) is 20.7. The third-order valence-corrected chi connectivity index (χ3v) is 6.26. The minimum Gasteiger partial charge on any atom is -0.460 e. The number of nitrogens with one attached hydrogen (secondary N) is 1. The maximum atomic E-state index is 12.6. The highest BCUT2D eigenvalue weighted by Crippen LogP contribution is 2.36. The van der Waals surface area contributed by atoms with Gasteiger partial charge in [0.05, 0.1) is 17.4 Å². The van der Waals surface area contributed by atoms with Crippen molar-refractivity contribution in [3.63, 3.8) is 0 Å². The lowest BCUT2D eigenvalue weighted by molar-refractivity contribution is -0.120. The Morgan fingerprint density at radius 2 is 1.90 bits per heavy atom. The van der Waals surface area contributed by atoms with Gasteiger partial charge in [-0.05, 0) is 79.3 Å². The van der Waals surface area contributed by atoms with Gasteiger partial charge in [0, 0.05) is 11.9 Å². The lowest BCUT2D eigenvalue weighted by Gasteiger charge is -2.10. The van der Waals surface area contributed by atoms with E-state index in [0.717, 1.165) is 45.2 Å². The summed E-state index contributed by atoms with van der Waals surface area (Å²) in [5.74, 6) is 0.652. The fourth-order valence-electron chi connectivity index (χ4n) is 3.84. The average Bonchev–Trinajstić information content (AvgIpc) is 3.27. The van der Waals surface area contributed by atoms with Crippen molar-refractivity contribution in [2.24, 2.45) is 0 Å². The van der Waals surface area contributed by atoms with Gasteiger partial charge in [0.15, 0.2) is 0 Å². The standard InChI is InChI=1S/C23H23NO4S/c1-12-9-18-21(22-20(12)13(2)15(4)27-22)14(3)17(23(26)28-18)10-19(25)24-7-5-16-6-8-29-11-16/h6,8-9,11H,5,7,10H2,1-4H3,(H,24,25). The first-order valence-corrected chi connectivity index (χ1v) is 10.5. The molecule has 0 fully saturated rings. The molecule has 1 amide bonds. The Morgan fingerprint density at radius 1 is 1.10 bits per heavy atom. The molecule has 5 nitrogen and oxygen atoms in total. The van der Waals surface area contributed by atoms with E-state index in [9.17, 15) is 9.59 Å². The van der Waals surface area contributed by atoms with Crippen molar-refractivity contribution in [2.75, 3.05) is 6.54 Å². The highest BCUT2D eigenvalue weighted by Gasteiger charge is 2.21. The van der Waals surface area contributed by atoms with E-state index in [-0.39, 0.29) is 12.3 Å². The van der Waals surface area contributed by atoms with Crippen LogP contribution in [0.2, 0.25) is 0 Å². The number of carbonyl (C=O) groups excluding carboxylic acids is 1. The predicted molar refractivity (Wildman–Crippen MR) is 116 cm³/mol. The van der Waals surface area contributed by atoms with Crippen molar-refractivity contribution in [1.82, 2.24) is 5.32 Å². The third-order valence-electron chi connectivity index (χ3n) is 5.53. The molecule has 0 spiro atoms. The Balaban J connectivity index is 1.68. The molecule has 3 heterocycles. The molecule has 0 aliphatic heterocycles. The fraction of sp³-hybridized carbons (Fsp3) is 0.304. The molecular formula is C23H23NO4S. The summed E-state index contributed by atoms with van der Waals surface area (Å²) in [6, 6.07) is 3.91. The van der Waals surface area contributed by atoms with Crippen molar-refractivity contribution in [3.8, 4) is 0 Å². The lowest BCUT2D eigenvalue weighted by Crippen LogP contribution is -2.29. The fourth-order valence-corrected chi connectivity index (χ4v) is 4.54. The predicted octanol–water partition coefficient (Wildman–Crippen LogP) is 4.74. The summed E-state index contributed by atoms with van der Waals surface area (Å²) < 4.78 is 11.6. The van der Waals surface area contributed by atoms with Crippen LogP contribution in [-0.4, -0.2) is 12.5 Å². The monoisotopic (exact) mass is 409 g/mol. The molecule has 0 aliphatic carbocycles. The van der Waals surface area contributed by atoms with Crippen LogP contribution in [0, 0.1) is 27.7 Å². The van der Waals surface area contributed by atoms with Gasteiger partial charge in [-0.1, -0.05) is 0 Å². The van der Waals surface area contributed by atoms with Gasteiger partial charge >= 0.3 is 5.63 Å². The van der Waals surface area contributed by atoms with Crippen molar-refractivity contribution < 1.29 is 13.6 Å². The topological polar surface area (TPSA) is 72.5 Å². The van der Waals surface area contributed by atoms with E-state index in [1.54, 1.807) is 11.3 Å². The van der Waals surface area contributed by atoms with Crippen molar-refractivity contribution in [3.05, 3.63) is 66.9 Å². The second kappa shape index (κ2) is 7.52. The zero-order valence-electron chi connectivity index (χ0n) is 17.0. The summed E-state index contributed by atoms with van der Waals surface area (Å²) in [6.45, 7) is 8.32. The number of hydrogen-bond acceptors (Lipinski definition) is 5. The molecule has 4 rings (SSSR count). The molecule has 0 radical (unpaired) electrons. The number of furan rings is 1. The van der Waals surface area contributed by atoms with Gasteiger partial charge in [-0.3, -0.25) is 4.79 Å². The van der Waals surface area contributed by atoms with Crippen LogP contribution in [0.1, 0.15) is 33.6 Å². The Labute approximate surface area is 172 Å². The summed E-state index contributed by atoms with van der Waals surface area (Å²) in [5, 5.41) is 8.78. The van der Waals surface area contributed by atoms with Gasteiger partial charge in [0.2, 0.25) is 5.91 Å². The lowest BCUT2D eigenvalue weighted by atomic mass is 9.98. The van der Waals surface area contributed by atoms with Crippen LogP contribution < -0.4 is 10.9 Å². The first-order chi connectivity index (χ1) is 13.9. The molecule has 6 heteroatoms. The summed E-state index contributed by atoms with van der Waals surface area (Å²) >= 11 is 1.64. The van der Waals surface area contributed by atoms with Gasteiger partial charge in [-0.2, -0.15) is 11.3 Å². The SMILES string of the molecule is Cc1oc2c(c(C)cc3oc(=O)c(CC(=O)NCCc4ccsc4)c(C)c32)c1C. The summed E-state index contributed by atoms with van der Waals surface area (Å²) in [6.07, 6.45) is 0.757. The largest absolute Gasteiger partial charge is 0.460 e. The number of thiophene rings is 1. The van der Waals surface area contributed by atoms with E-state index < -0.39 is 5.63 Å². The van der Waals surface area contributed by atoms with E-state index in [2.05, 4.69) is 10.7 Å². The molecule has 0 atom stereocenters. The van der Waals surface area contributed by atoms with Crippen LogP contribution in [0.3, 0.4) is 0 Å². The highest BCUT2D eigenvalue weighted by molar-refractivity contribution is 7.07. The highest BCUT2D eigenvalue weighted by atomic mass is 32.1. The minimum atomic E-state index is -0.471. The number of benzene rings is 1. The van der Waals surface area contributed by atoms with Crippen LogP contribution >= 0.6 is 11.3 Å². The first-order valence-electron chi connectivity index (χ1n) is 9.60. The molecular weight excluding hydrogens is 386 g/mol. The summed E-state index contributed by atoms with van der Waals surface area (Å²) in [5.41, 5.74) is 5.13. The molecule has 1 aromatic carbocycles. The average molecular weight is 410 g/mol. The second-order valence-electron chi connectivity index (χ2n) is 7.46. The van der Waals surface area contributed by atoms with E-state index in [1.165, 1.54) is 5.56 Å². The Hall–Kier alpha value is -2.86. The molecule has 0 aliphatic rings. The van der Waals surface area contributed by atoms with Gasteiger partial charge in [-0.25, -0.2) is 4.79 Å². The minimum absolute atomic E-state index is 0.0121. The third kappa shape index (κ3) is 3.49. The maximum Gasteiger partial charge on any atom is 0.340 e.